The Bertz CT molecular complexity index is 1690. The average Bonchev–Trinajstić information content (AvgIpc) is 3.68. The first kappa shape index (κ1) is 28.0. The summed E-state index contributed by atoms with van der Waals surface area (Å²) in [5, 5.41) is 4.11. The number of ether oxygens (including phenoxy) is 1. The highest BCUT2D eigenvalue weighted by atomic mass is 19.4. The Morgan fingerprint density at radius 3 is 2.37 bits per heavy atom. The zero-order chi connectivity index (χ0) is 30.0. The molecule has 0 aliphatic heterocycles. The minimum atomic E-state index is -4.50. The quantitative estimate of drug-likeness (QED) is 0.199. The molecule has 3 fully saturated rings. The van der Waals surface area contributed by atoms with Crippen LogP contribution in [-0.4, -0.2) is 16.7 Å². The van der Waals surface area contributed by atoms with Crippen LogP contribution >= 0.6 is 0 Å². The van der Waals surface area contributed by atoms with Gasteiger partial charge in [-0.3, -0.25) is 4.98 Å². The largest absolute Gasteiger partial charge is 0.493 e. The van der Waals surface area contributed by atoms with E-state index in [1.165, 1.54) is 18.2 Å². The summed E-state index contributed by atoms with van der Waals surface area (Å²) >= 11 is 0. The van der Waals surface area contributed by atoms with Crippen LogP contribution in [0.1, 0.15) is 66.9 Å². The summed E-state index contributed by atoms with van der Waals surface area (Å²) in [6.07, 6.45) is 1.95. The van der Waals surface area contributed by atoms with Crippen molar-refractivity contribution in [3.05, 3.63) is 83.3 Å². The molecule has 0 unspecified atom stereocenters. The molecule has 0 radical (unpaired) electrons. The predicted molar refractivity (Wildman–Crippen MR) is 148 cm³/mol. The van der Waals surface area contributed by atoms with Gasteiger partial charge in [-0.1, -0.05) is 35.5 Å². The smallest absolute Gasteiger partial charge is 0.417 e. The zero-order valence-corrected chi connectivity index (χ0v) is 23.0. The fraction of sp³-hybridized carbons (Fsp3) is 0.394. The minimum absolute atomic E-state index is 0.0221. The molecule has 0 N–H and O–H groups in total. The second-order valence-electron chi connectivity index (χ2n) is 12.3. The average molecular weight is 599 g/mol. The number of alkyl halides is 6. The van der Waals surface area contributed by atoms with E-state index >= 15 is 0 Å². The number of allylic oxidation sites excluding steroid dienone is 1. The van der Waals surface area contributed by atoms with Gasteiger partial charge in [-0.25, -0.2) is 0 Å². The Hall–Kier alpha value is -3.82. The molecule has 2 aromatic heterocycles. The molecule has 0 amide bonds. The molecule has 0 atom stereocenters. The molecule has 10 heteroatoms. The Morgan fingerprint density at radius 2 is 1.65 bits per heavy atom. The lowest BCUT2D eigenvalue weighted by molar-refractivity contribution is -0.137. The third-order valence-corrected chi connectivity index (χ3v) is 9.06. The van der Waals surface area contributed by atoms with Crippen molar-refractivity contribution in [2.24, 2.45) is 17.3 Å². The number of benzene rings is 2. The van der Waals surface area contributed by atoms with Gasteiger partial charge < -0.3 is 9.26 Å². The number of fused-ring (bicyclic) bond motifs is 1. The van der Waals surface area contributed by atoms with E-state index in [1.807, 2.05) is 6.08 Å². The first-order chi connectivity index (χ1) is 20.5. The summed E-state index contributed by atoms with van der Waals surface area (Å²) in [4.78, 5) is 4.03. The summed E-state index contributed by atoms with van der Waals surface area (Å²) in [6, 6.07) is 11.0. The Balaban J connectivity index is 0.982. The molecular formula is C33H28F6N2O2. The van der Waals surface area contributed by atoms with E-state index in [-0.39, 0.29) is 33.5 Å². The monoisotopic (exact) mass is 598 g/mol. The number of halogens is 6. The second-order valence-corrected chi connectivity index (χ2v) is 12.3. The summed E-state index contributed by atoms with van der Waals surface area (Å²) in [5.74, 6) is 1.87. The van der Waals surface area contributed by atoms with Gasteiger partial charge in [0.2, 0.25) is 0 Å². The van der Waals surface area contributed by atoms with Crippen molar-refractivity contribution in [2.75, 3.05) is 6.61 Å². The fourth-order valence-corrected chi connectivity index (χ4v) is 6.96. The van der Waals surface area contributed by atoms with Gasteiger partial charge in [-0.2, -0.15) is 26.3 Å². The van der Waals surface area contributed by atoms with Crippen molar-refractivity contribution < 1.29 is 35.6 Å². The zero-order valence-electron chi connectivity index (χ0n) is 23.0. The van der Waals surface area contributed by atoms with Crippen molar-refractivity contribution in [1.29, 1.82) is 0 Å². The molecule has 0 bridgehead atoms. The molecule has 3 aliphatic rings. The van der Waals surface area contributed by atoms with E-state index < -0.39 is 23.5 Å². The number of hydrogen-bond acceptors (Lipinski definition) is 4. The van der Waals surface area contributed by atoms with Gasteiger partial charge in [0, 0.05) is 28.6 Å². The molecule has 43 heavy (non-hydrogen) atoms. The van der Waals surface area contributed by atoms with Gasteiger partial charge >= 0.3 is 12.4 Å². The topological polar surface area (TPSA) is 48.2 Å². The summed E-state index contributed by atoms with van der Waals surface area (Å²) in [7, 11) is 0. The molecule has 3 saturated carbocycles. The van der Waals surface area contributed by atoms with E-state index in [2.05, 4.69) is 16.2 Å². The van der Waals surface area contributed by atoms with Crippen LogP contribution in [0.15, 0.2) is 65.3 Å². The van der Waals surface area contributed by atoms with Crippen LogP contribution in [0, 0.1) is 17.3 Å². The van der Waals surface area contributed by atoms with Crippen molar-refractivity contribution in [2.45, 2.75) is 56.8 Å². The molecule has 0 saturated heterocycles. The van der Waals surface area contributed by atoms with Gasteiger partial charge in [-0.15, -0.1) is 0 Å². The number of nitrogens with zero attached hydrogens (tertiary/aromatic N) is 2. The summed E-state index contributed by atoms with van der Waals surface area (Å²) in [6.45, 7) is 0.433. The number of aromatic nitrogens is 2. The highest BCUT2D eigenvalue weighted by Gasteiger charge is 2.52. The van der Waals surface area contributed by atoms with Crippen LogP contribution in [0.3, 0.4) is 0 Å². The predicted octanol–water partition coefficient (Wildman–Crippen LogP) is 9.70. The van der Waals surface area contributed by atoms with Crippen molar-refractivity contribution in [3.63, 3.8) is 0 Å². The Morgan fingerprint density at radius 1 is 0.907 bits per heavy atom. The maximum absolute atomic E-state index is 13.7. The van der Waals surface area contributed by atoms with E-state index in [1.54, 1.807) is 18.2 Å². The third-order valence-electron chi connectivity index (χ3n) is 9.06. The van der Waals surface area contributed by atoms with Gasteiger partial charge in [0.25, 0.3) is 0 Å². The minimum Gasteiger partial charge on any atom is -0.493 e. The lowest BCUT2D eigenvalue weighted by atomic mass is 9.48. The van der Waals surface area contributed by atoms with Crippen LogP contribution in [0.25, 0.3) is 28.2 Å². The molecule has 2 heterocycles. The number of rotatable bonds is 7. The van der Waals surface area contributed by atoms with Crippen LogP contribution in [0.5, 0.6) is 5.75 Å². The van der Waals surface area contributed by atoms with Crippen LogP contribution in [0.4, 0.5) is 26.3 Å². The molecule has 1 spiro atoms. The Labute approximate surface area is 243 Å². The van der Waals surface area contributed by atoms with E-state index in [9.17, 15) is 26.3 Å². The maximum Gasteiger partial charge on any atom is 0.417 e. The molecular weight excluding hydrogens is 570 g/mol. The molecule has 4 aromatic rings. The molecule has 7 rings (SSSR count). The van der Waals surface area contributed by atoms with Gasteiger partial charge in [0.05, 0.1) is 23.3 Å². The van der Waals surface area contributed by atoms with Crippen molar-refractivity contribution in [1.82, 2.24) is 10.1 Å². The van der Waals surface area contributed by atoms with Crippen LogP contribution < -0.4 is 4.74 Å². The highest BCUT2D eigenvalue weighted by molar-refractivity contribution is 5.84. The van der Waals surface area contributed by atoms with Gasteiger partial charge in [-0.05, 0) is 86.1 Å². The second kappa shape index (κ2) is 10.1. The van der Waals surface area contributed by atoms with E-state index in [4.69, 9.17) is 9.26 Å². The van der Waals surface area contributed by atoms with E-state index in [0.717, 1.165) is 56.9 Å². The molecule has 4 nitrogen and oxygen atoms in total. The maximum atomic E-state index is 13.7. The lowest BCUT2D eigenvalue weighted by Gasteiger charge is -2.57. The van der Waals surface area contributed by atoms with E-state index in [0.29, 0.717) is 35.5 Å². The lowest BCUT2D eigenvalue weighted by Crippen LogP contribution is -2.48. The highest BCUT2D eigenvalue weighted by Crippen LogP contribution is 2.61. The molecule has 2 aromatic carbocycles. The van der Waals surface area contributed by atoms with Crippen molar-refractivity contribution in [3.8, 4) is 17.0 Å². The van der Waals surface area contributed by atoms with Crippen LogP contribution in [-0.2, 0) is 12.4 Å². The van der Waals surface area contributed by atoms with Crippen molar-refractivity contribution >= 4 is 17.0 Å². The third kappa shape index (κ3) is 5.40. The normalized spacial score (nSPS) is 24.0. The SMILES string of the molecule is FC(F)(F)c1ccccc1-c1noc(C2CC2)c1/C=C/C1CC2(C1)CC(COc1ccc3nccc(C(F)(F)F)c3c1)C2. The van der Waals surface area contributed by atoms with Gasteiger partial charge in [0.15, 0.2) is 0 Å². The molecule has 3 aliphatic carbocycles. The first-order valence-corrected chi connectivity index (χ1v) is 14.4. The van der Waals surface area contributed by atoms with Crippen LogP contribution in [0.2, 0.25) is 0 Å². The number of hydrogen-bond donors (Lipinski definition) is 0. The number of pyridine rings is 1. The standard InChI is InChI=1S/C33H28F6N2O2/c34-32(35,36)26-4-2-1-3-23(26)29-24(30(43-41-29)21-6-7-21)9-5-19-14-31(15-19)16-20(17-31)18-42-22-8-10-28-25(13-22)27(11-12-40-28)33(37,38)39/h1-5,8-13,19-21H,6-7,14-18H2/b9-5+. The summed E-state index contributed by atoms with van der Waals surface area (Å²) in [5.41, 5.74) is -0.0791. The molecule has 224 valence electrons. The van der Waals surface area contributed by atoms with Gasteiger partial charge in [0.1, 0.15) is 17.2 Å². The first-order valence-electron chi connectivity index (χ1n) is 14.4. The summed E-state index contributed by atoms with van der Waals surface area (Å²) < 4.78 is 92.9. The Kier molecular flexibility index (Phi) is 6.59. The fourth-order valence-electron chi connectivity index (χ4n) is 6.96.